The Balaban J connectivity index is 1.87. The molecule has 0 aliphatic heterocycles. The van der Waals surface area contributed by atoms with Crippen molar-refractivity contribution in [3.63, 3.8) is 0 Å². The highest BCUT2D eigenvalue weighted by Gasteiger charge is 2.35. The van der Waals surface area contributed by atoms with Crippen LogP contribution >= 0.6 is 0 Å². The Morgan fingerprint density at radius 3 is 2.64 bits per heavy atom. The van der Waals surface area contributed by atoms with Crippen LogP contribution < -0.4 is 5.73 Å². The average Bonchev–Trinajstić information content (AvgIpc) is 3.36. The van der Waals surface area contributed by atoms with E-state index in [0.717, 1.165) is 57.8 Å². The van der Waals surface area contributed by atoms with Crippen molar-refractivity contribution < 1.29 is 4.52 Å². The lowest BCUT2D eigenvalue weighted by Crippen LogP contribution is -2.04. The van der Waals surface area contributed by atoms with Crippen molar-refractivity contribution >= 4 is 16.9 Å². The van der Waals surface area contributed by atoms with Crippen LogP contribution in [0.1, 0.15) is 50.1 Å². The van der Waals surface area contributed by atoms with Gasteiger partial charge in [-0.05, 0) is 45.7 Å². The fraction of sp³-hybridized carbons (Fsp3) is 0.333. The summed E-state index contributed by atoms with van der Waals surface area (Å²) in [5, 5.41) is 5.33. The second-order valence-corrected chi connectivity index (χ2v) is 7.64. The van der Waals surface area contributed by atoms with E-state index in [9.17, 15) is 0 Å². The zero-order valence-corrected chi connectivity index (χ0v) is 16.2. The number of fused-ring (bicyclic) bond motifs is 1. The molecule has 142 valence electrons. The van der Waals surface area contributed by atoms with Gasteiger partial charge in [0, 0.05) is 29.4 Å². The molecule has 2 N–H and O–H groups in total. The number of hydrogen-bond donors (Lipinski definition) is 1. The van der Waals surface area contributed by atoms with Crippen LogP contribution in [-0.4, -0.2) is 24.7 Å². The van der Waals surface area contributed by atoms with Crippen LogP contribution in [0, 0.1) is 6.92 Å². The second-order valence-electron chi connectivity index (χ2n) is 7.64. The fourth-order valence-corrected chi connectivity index (χ4v) is 4.05. The van der Waals surface area contributed by atoms with E-state index in [-0.39, 0.29) is 6.04 Å². The van der Waals surface area contributed by atoms with E-state index in [4.69, 9.17) is 10.3 Å². The van der Waals surface area contributed by atoms with E-state index < -0.39 is 0 Å². The lowest BCUT2D eigenvalue weighted by atomic mass is 9.99. The van der Waals surface area contributed by atoms with Crippen LogP contribution in [0.25, 0.3) is 33.5 Å². The summed E-state index contributed by atoms with van der Waals surface area (Å²) in [6.45, 7) is 6.34. The zero-order chi connectivity index (χ0) is 19.4. The molecule has 4 aromatic rings. The van der Waals surface area contributed by atoms with Crippen molar-refractivity contribution in [2.24, 2.45) is 0 Å². The molecule has 0 saturated heterocycles. The molecule has 1 fully saturated rings. The highest BCUT2D eigenvalue weighted by Crippen LogP contribution is 2.49. The number of rotatable bonds is 4. The van der Waals surface area contributed by atoms with Crippen molar-refractivity contribution in [1.29, 1.82) is 0 Å². The molecule has 5 rings (SSSR count). The Bertz CT molecular complexity index is 1170. The molecule has 4 heterocycles. The quantitative estimate of drug-likeness (QED) is 0.565. The Labute approximate surface area is 162 Å². The molecule has 1 aliphatic rings. The maximum atomic E-state index is 6.31. The summed E-state index contributed by atoms with van der Waals surface area (Å²) < 4.78 is 8.04. The van der Waals surface area contributed by atoms with Gasteiger partial charge in [-0.2, -0.15) is 0 Å². The fourth-order valence-electron chi connectivity index (χ4n) is 4.05. The number of hydrogen-bond acceptors (Lipinski definition) is 6. The number of anilines is 1. The van der Waals surface area contributed by atoms with Crippen molar-refractivity contribution in [2.75, 3.05) is 5.73 Å². The Hall–Kier alpha value is -3.22. The summed E-state index contributed by atoms with van der Waals surface area (Å²) in [7, 11) is 0. The lowest BCUT2D eigenvalue weighted by Gasteiger charge is -2.11. The molecule has 0 bridgehead atoms. The third-order valence-electron chi connectivity index (χ3n) is 5.40. The Morgan fingerprint density at radius 1 is 1.14 bits per heavy atom. The van der Waals surface area contributed by atoms with Crippen LogP contribution in [-0.2, 0) is 0 Å². The molecule has 0 aromatic carbocycles. The molecule has 28 heavy (non-hydrogen) atoms. The van der Waals surface area contributed by atoms with Gasteiger partial charge in [0.25, 0.3) is 0 Å². The van der Waals surface area contributed by atoms with Gasteiger partial charge in [-0.25, -0.2) is 9.97 Å². The number of pyridine rings is 1. The maximum absolute atomic E-state index is 6.31. The molecule has 1 saturated carbocycles. The molecule has 4 aromatic heterocycles. The van der Waals surface area contributed by atoms with Gasteiger partial charge in [-0.15, -0.1) is 0 Å². The summed E-state index contributed by atoms with van der Waals surface area (Å²) in [5.41, 5.74) is 11.7. The molecule has 7 heteroatoms. The lowest BCUT2D eigenvalue weighted by molar-refractivity contribution is 0.387. The van der Waals surface area contributed by atoms with Gasteiger partial charge in [-0.3, -0.25) is 4.98 Å². The van der Waals surface area contributed by atoms with Crippen LogP contribution in [0.5, 0.6) is 0 Å². The second kappa shape index (κ2) is 6.15. The summed E-state index contributed by atoms with van der Waals surface area (Å²) in [6, 6.07) is 6.12. The van der Waals surface area contributed by atoms with Gasteiger partial charge in [0.2, 0.25) is 0 Å². The van der Waals surface area contributed by atoms with Crippen LogP contribution in [0.15, 0.2) is 35.2 Å². The highest BCUT2D eigenvalue weighted by molar-refractivity contribution is 6.04. The van der Waals surface area contributed by atoms with E-state index in [1.54, 1.807) is 6.20 Å². The number of aromatic nitrogens is 5. The minimum Gasteiger partial charge on any atom is -0.383 e. The predicted octanol–water partition coefficient (Wildman–Crippen LogP) is 4.50. The van der Waals surface area contributed by atoms with E-state index in [2.05, 4.69) is 45.4 Å². The van der Waals surface area contributed by atoms with Crippen LogP contribution in [0.2, 0.25) is 0 Å². The summed E-state index contributed by atoms with van der Waals surface area (Å²) >= 11 is 0. The molecular weight excluding hydrogens is 352 g/mol. The van der Waals surface area contributed by atoms with Gasteiger partial charge < -0.3 is 14.8 Å². The largest absolute Gasteiger partial charge is 0.383 e. The number of nitrogens with zero attached hydrogens (tertiary/aromatic N) is 5. The average molecular weight is 374 g/mol. The first-order valence-electron chi connectivity index (χ1n) is 9.60. The molecular formula is C21H22N6O. The monoisotopic (exact) mass is 374 g/mol. The predicted molar refractivity (Wildman–Crippen MR) is 108 cm³/mol. The van der Waals surface area contributed by atoms with E-state index >= 15 is 0 Å². The topological polar surface area (TPSA) is 95.7 Å². The van der Waals surface area contributed by atoms with E-state index in [1.165, 1.54) is 6.33 Å². The maximum Gasteiger partial charge on any atom is 0.149 e. The SMILES string of the molecule is Cc1c(-c2noc(C3CC3)c2-c2ccccn2)c2c(N)ncnc2n1C(C)C. The third-order valence-corrected chi connectivity index (χ3v) is 5.40. The minimum absolute atomic E-state index is 0.221. The van der Waals surface area contributed by atoms with E-state index in [1.807, 2.05) is 18.2 Å². The Morgan fingerprint density at radius 2 is 1.96 bits per heavy atom. The number of nitrogens with two attached hydrogens (primary N) is 1. The molecule has 1 aliphatic carbocycles. The van der Waals surface area contributed by atoms with Gasteiger partial charge in [-0.1, -0.05) is 11.2 Å². The van der Waals surface area contributed by atoms with Gasteiger partial charge >= 0.3 is 0 Å². The van der Waals surface area contributed by atoms with Gasteiger partial charge in [0.05, 0.1) is 16.6 Å². The van der Waals surface area contributed by atoms with Crippen LogP contribution in [0.4, 0.5) is 5.82 Å². The molecule has 0 unspecified atom stereocenters. The third kappa shape index (κ3) is 2.42. The molecule has 7 nitrogen and oxygen atoms in total. The molecule has 0 atom stereocenters. The molecule has 0 radical (unpaired) electrons. The van der Waals surface area contributed by atoms with Gasteiger partial charge in [0.1, 0.15) is 29.2 Å². The van der Waals surface area contributed by atoms with Crippen molar-refractivity contribution in [3.05, 3.63) is 42.2 Å². The first-order valence-corrected chi connectivity index (χ1v) is 9.60. The normalized spacial score (nSPS) is 14.3. The molecule has 0 amide bonds. The Kier molecular flexibility index (Phi) is 3.72. The summed E-state index contributed by atoms with van der Waals surface area (Å²) in [6.07, 6.45) is 5.54. The standard InChI is InChI=1S/C21H22N6O/c1-11(2)27-12(3)15(17-20(22)24-10-25-21(17)27)18-16(14-6-4-5-9-23-14)19(28-26-18)13-7-8-13/h4-6,9-11,13H,7-8H2,1-3H3,(H2,22,24,25). The smallest absolute Gasteiger partial charge is 0.149 e. The first-order chi connectivity index (χ1) is 13.6. The van der Waals surface area contributed by atoms with E-state index in [0.29, 0.717) is 11.7 Å². The highest BCUT2D eigenvalue weighted by atomic mass is 16.5. The summed E-state index contributed by atoms with van der Waals surface area (Å²) in [5.74, 6) is 1.77. The summed E-state index contributed by atoms with van der Waals surface area (Å²) in [4.78, 5) is 13.4. The zero-order valence-electron chi connectivity index (χ0n) is 16.2. The van der Waals surface area contributed by atoms with Gasteiger partial charge in [0.15, 0.2) is 0 Å². The number of nitrogen functional groups attached to an aromatic ring is 1. The van der Waals surface area contributed by atoms with Crippen molar-refractivity contribution in [3.8, 4) is 22.5 Å². The first kappa shape index (κ1) is 16.9. The van der Waals surface area contributed by atoms with Crippen molar-refractivity contribution in [1.82, 2.24) is 24.7 Å². The minimum atomic E-state index is 0.221. The van der Waals surface area contributed by atoms with Crippen LogP contribution in [0.3, 0.4) is 0 Å². The molecule has 0 spiro atoms. The van der Waals surface area contributed by atoms with Crippen molar-refractivity contribution in [2.45, 2.75) is 45.6 Å².